The van der Waals surface area contributed by atoms with E-state index < -0.39 is 6.10 Å². The van der Waals surface area contributed by atoms with Gasteiger partial charge < -0.3 is 20.5 Å². The molecule has 0 bridgehead atoms. The Kier molecular flexibility index (Phi) is 4.82. The zero-order valence-electron chi connectivity index (χ0n) is 13.8. The van der Waals surface area contributed by atoms with E-state index in [0.29, 0.717) is 31.1 Å². The van der Waals surface area contributed by atoms with Gasteiger partial charge in [-0.15, -0.1) is 0 Å². The maximum Gasteiger partial charge on any atom is 0.271 e. The number of aliphatic hydroxyl groups is 1. The number of methoxy groups -OCH3 is 1. The van der Waals surface area contributed by atoms with E-state index in [4.69, 9.17) is 4.74 Å². The highest BCUT2D eigenvalue weighted by atomic mass is 16.5. The maximum absolute atomic E-state index is 12.3. The van der Waals surface area contributed by atoms with E-state index in [9.17, 15) is 9.90 Å². The van der Waals surface area contributed by atoms with Crippen LogP contribution in [0, 0.1) is 12.8 Å². The van der Waals surface area contributed by atoms with Gasteiger partial charge in [-0.3, -0.25) is 4.79 Å². The molecule has 0 saturated carbocycles. The first-order chi connectivity index (χ1) is 11.6. The Labute approximate surface area is 140 Å². The highest BCUT2D eigenvalue weighted by Crippen LogP contribution is 2.23. The summed E-state index contributed by atoms with van der Waals surface area (Å²) in [6.45, 7) is 3.69. The van der Waals surface area contributed by atoms with E-state index in [1.165, 1.54) is 0 Å². The molecule has 128 valence electrons. The van der Waals surface area contributed by atoms with E-state index in [2.05, 4.69) is 15.7 Å². The summed E-state index contributed by atoms with van der Waals surface area (Å²) in [5, 5.41) is 20.0. The SMILES string of the molecule is COc1ccc(C)cc1-n1ccc(C(=O)NCC2CNCC2O)n1. The summed E-state index contributed by atoms with van der Waals surface area (Å²) in [4.78, 5) is 12.3. The van der Waals surface area contributed by atoms with E-state index in [1.807, 2.05) is 25.1 Å². The van der Waals surface area contributed by atoms with Gasteiger partial charge in [0.1, 0.15) is 11.4 Å². The van der Waals surface area contributed by atoms with Gasteiger partial charge in [-0.25, -0.2) is 4.68 Å². The fourth-order valence-electron chi connectivity index (χ4n) is 2.80. The van der Waals surface area contributed by atoms with Gasteiger partial charge in [0, 0.05) is 31.7 Å². The minimum atomic E-state index is -0.417. The van der Waals surface area contributed by atoms with Crippen molar-refractivity contribution in [2.75, 3.05) is 26.7 Å². The number of benzene rings is 1. The van der Waals surface area contributed by atoms with Crippen LogP contribution in [0.3, 0.4) is 0 Å². The van der Waals surface area contributed by atoms with Gasteiger partial charge >= 0.3 is 0 Å². The topological polar surface area (TPSA) is 88.4 Å². The molecule has 7 nitrogen and oxygen atoms in total. The van der Waals surface area contributed by atoms with Crippen molar-refractivity contribution in [1.29, 1.82) is 0 Å². The minimum absolute atomic E-state index is 0.0351. The number of carbonyl (C=O) groups is 1. The summed E-state index contributed by atoms with van der Waals surface area (Å²) in [7, 11) is 1.60. The van der Waals surface area contributed by atoms with E-state index >= 15 is 0 Å². The zero-order chi connectivity index (χ0) is 17.1. The molecule has 2 heterocycles. The third kappa shape index (κ3) is 3.42. The lowest BCUT2D eigenvalue weighted by Crippen LogP contribution is -2.34. The highest BCUT2D eigenvalue weighted by molar-refractivity contribution is 5.92. The lowest BCUT2D eigenvalue weighted by molar-refractivity contribution is 0.0921. The lowest BCUT2D eigenvalue weighted by Gasteiger charge is -2.13. The molecule has 1 aliphatic rings. The molecular weight excluding hydrogens is 308 g/mol. The molecule has 7 heteroatoms. The average Bonchev–Trinajstić information content (AvgIpc) is 3.22. The second-order valence-electron chi connectivity index (χ2n) is 6.02. The number of hydrogen-bond acceptors (Lipinski definition) is 5. The van der Waals surface area contributed by atoms with Crippen molar-refractivity contribution in [3.8, 4) is 11.4 Å². The Balaban J connectivity index is 1.71. The van der Waals surface area contributed by atoms with Gasteiger partial charge in [0.25, 0.3) is 5.91 Å². The Bertz CT molecular complexity index is 728. The van der Waals surface area contributed by atoms with Crippen LogP contribution >= 0.6 is 0 Å². The number of amides is 1. The Hall–Kier alpha value is -2.38. The summed E-state index contributed by atoms with van der Waals surface area (Å²) >= 11 is 0. The van der Waals surface area contributed by atoms with Gasteiger partial charge in [0.05, 0.1) is 13.2 Å². The van der Waals surface area contributed by atoms with Crippen LogP contribution in [0.15, 0.2) is 30.5 Å². The summed E-state index contributed by atoms with van der Waals surface area (Å²) < 4.78 is 6.99. The zero-order valence-corrected chi connectivity index (χ0v) is 13.8. The molecule has 1 aliphatic heterocycles. The van der Waals surface area contributed by atoms with Crippen molar-refractivity contribution in [3.05, 3.63) is 41.7 Å². The van der Waals surface area contributed by atoms with Gasteiger partial charge in [-0.1, -0.05) is 6.07 Å². The molecule has 1 amide bonds. The number of hydrogen-bond donors (Lipinski definition) is 3. The number of carbonyl (C=O) groups excluding carboxylic acids is 1. The van der Waals surface area contributed by atoms with E-state index in [0.717, 1.165) is 11.3 Å². The van der Waals surface area contributed by atoms with Crippen LogP contribution < -0.4 is 15.4 Å². The average molecular weight is 330 g/mol. The number of rotatable bonds is 5. The molecule has 1 aromatic heterocycles. The molecule has 2 unspecified atom stereocenters. The van der Waals surface area contributed by atoms with E-state index in [-0.39, 0.29) is 11.8 Å². The van der Waals surface area contributed by atoms with Crippen LogP contribution in [0.5, 0.6) is 5.75 Å². The number of β-amino-alcohol motifs (C(OH)–C–C–N with tert-alkyl or cyclic N) is 1. The Morgan fingerprint density at radius 2 is 2.29 bits per heavy atom. The van der Waals surface area contributed by atoms with Crippen molar-refractivity contribution in [1.82, 2.24) is 20.4 Å². The summed E-state index contributed by atoms with van der Waals surface area (Å²) in [6.07, 6.45) is 1.32. The third-order valence-electron chi connectivity index (χ3n) is 4.23. The van der Waals surface area contributed by atoms with E-state index in [1.54, 1.807) is 24.1 Å². The van der Waals surface area contributed by atoms with Crippen LogP contribution in [0.2, 0.25) is 0 Å². The number of nitrogens with zero attached hydrogens (tertiary/aromatic N) is 2. The standard InChI is InChI=1S/C17H22N4O3/c1-11-3-4-16(24-2)14(7-11)21-6-5-13(20-21)17(23)19-9-12-8-18-10-15(12)22/h3-7,12,15,18,22H,8-10H2,1-2H3,(H,19,23). The number of nitrogens with one attached hydrogen (secondary N) is 2. The van der Waals surface area contributed by atoms with Gasteiger partial charge in [0.2, 0.25) is 0 Å². The second-order valence-corrected chi connectivity index (χ2v) is 6.02. The smallest absolute Gasteiger partial charge is 0.271 e. The Morgan fingerprint density at radius 1 is 1.46 bits per heavy atom. The monoisotopic (exact) mass is 330 g/mol. The molecule has 1 aromatic carbocycles. The number of ether oxygens (including phenoxy) is 1. The second kappa shape index (κ2) is 7.02. The molecule has 3 rings (SSSR count). The van der Waals surface area contributed by atoms with Crippen LogP contribution in [-0.4, -0.2) is 53.6 Å². The van der Waals surface area contributed by atoms with Gasteiger partial charge in [-0.05, 0) is 30.7 Å². The largest absolute Gasteiger partial charge is 0.494 e. The number of aliphatic hydroxyl groups excluding tert-OH is 1. The third-order valence-corrected chi connectivity index (χ3v) is 4.23. The summed E-state index contributed by atoms with van der Waals surface area (Å²) in [5.41, 5.74) is 2.20. The van der Waals surface area contributed by atoms with Gasteiger partial charge in [-0.2, -0.15) is 5.10 Å². The summed E-state index contributed by atoms with van der Waals surface area (Å²) in [5.74, 6) is 0.475. The molecule has 1 fully saturated rings. The van der Waals surface area contributed by atoms with Crippen molar-refractivity contribution in [2.45, 2.75) is 13.0 Å². The highest BCUT2D eigenvalue weighted by Gasteiger charge is 2.25. The molecule has 3 N–H and O–H groups in total. The molecule has 2 atom stereocenters. The first-order valence-electron chi connectivity index (χ1n) is 7.96. The van der Waals surface area contributed by atoms with Crippen molar-refractivity contribution in [2.24, 2.45) is 5.92 Å². The molecular formula is C17H22N4O3. The fraction of sp³-hybridized carbons (Fsp3) is 0.412. The molecule has 0 aliphatic carbocycles. The first-order valence-corrected chi connectivity index (χ1v) is 7.96. The van der Waals surface area contributed by atoms with Crippen LogP contribution in [-0.2, 0) is 0 Å². The van der Waals surface area contributed by atoms with Crippen LogP contribution in [0.25, 0.3) is 5.69 Å². The van der Waals surface area contributed by atoms with Crippen LogP contribution in [0.4, 0.5) is 0 Å². The molecule has 1 saturated heterocycles. The molecule has 2 aromatic rings. The van der Waals surface area contributed by atoms with Gasteiger partial charge in [0.15, 0.2) is 5.69 Å². The predicted molar refractivity (Wildman–Crippen MR) is 89.6 cm³/mol. The first kappa shape index (κ1) is 16.5. The number of aryl methyl sites for hydroxylation is 1. The minimum Gasteiger partial charge on any atom is -0.494 e. The molecule has 24 heavy (non-hydrogen) atoms. The number of aromatic nitrogens is 2. The summed E-state index contributed by atoms with van der Waals surface area (Å²) in [6, 6.07) is 7.45. The molecule has 0 spiro atoms. The molecule has 0 radical (unpaired) electrons. The lowest BCUT2D eigenvalue weighted by atomic mass is 10.1. The normalized spacial score (nSPS) is 20.1. The van der Waals surface area contributed by atoms with Crippen molar-refractivity contribution in [3.63, 3.8) is 0 Å². The fourth-order valence-corrected chi connectivity index (χ4v) is 2.80. The van der Waals surface area contributed by atoms with Crippen molar-refractivity contribution >= 4 is 5.91 Å². The Morgan fingerprint density at radius 3 is 3.00 bits per heavy atom. The predicted octanol–water partition coefficient (Wildman–Crippen LogP) is 0.499. The quantitative estimate of drug-likeness (QED) is 0.743. The van der Waals surface area contributed by atoms with Crippen LogP contribution in [0.1, 0.15) is 16.1 Å². The maximum atomic E-state index is 12.3. The van der Waals surface area contributed by atoms with Crippen molar-refractivity contribution < 1.29 is 14.6 Å².